The summed E-state index contributed by atoms with van der Waals surface area (Å²) in [6, 6.07) is 4.68. The highest BCUT2D eigenvalue weighted by Gasteiger charge is 1.98. The largest absolute Gasteiger partial charge is 0.321 e. The lowest BCUT2D eigenvalue weighted by Gasteiger charge is -2.00. The summed E-state index contributed by atoms with van der Waals surface area (Å²) in [5.41, 5.74) is 2.58. The molecule has 0 amide bonds. The van der Waals surface area contributed by atoms with E-state index in [-0.39, 0.29) is 5.82 Å². The molecule has 0 heterocycles. The molecule has 0 atom stereocenters. The van der Waals surface area contributed by atoms with Gasteiger partial charge in [0.2, 0.25) is 0 Å². The Morgan fingerprint density at radius 3 is 2.70 bits per heavy atom. The molecule has 4 heteroatoms. The Balaban J connectivity index is 3.09. The first-order valence-corrected chi connectivity index (χ1v) is 3.73. The SMILES string of the molecule is NNc1cc(I)ccc1F. The monoisotopic (exact) mass is 252 g/mol. The van der Waals surface area contributed by atoms with Gasteiger partial charge in [-0.1, -0.05) is 0 Å². The molecule has 3 N–H and O–H groups in total. The van der Waals surface area contributed by atoms with Crippen LogP contribution in [0.4, 0.5) is 10.1 Å². The van der Waals surface area contributed by atoms with Crippen LogP contribution < -0.4 is 11.3 Å². The van der Waals surface area contributed by atoms with Crippen molar-refractivity contribution in [3.63, 3.8) is 0 Å². The second-order valence-corrected chi connectivity index (χ2v) is 3.01. The smallest absolute Gasteiger partial charge is 0.147 e. The minimum atomic E-state index is -0.331. The quantitative estimate of drug-likeness (QED) is 0.453. The number of benzene rings is 1. The van der Waals surface area contributed by atoms with E-state index in [4.69, 9.17) is 5.84 Å². The maximum absolute atomic E-state index is 12.6. The fraction of sp³-hybridized carbons (Fsp3) is 0. The van der Waals surface area contributed by atoms with E-state index in [1.165, 1.54) is 6.07 Å². The molecule has 0 aromatic heterocycles. The molecular weight excluding hydrogens is 246 g/mol. The molecular formula is C6H6FIN2. The zero-order chi connectivity index (χ0) is 7.56. The minimum absolute atomic E-state index is 0.326. The maximum atomic E-state index is 12.6. The molecule has 1 rings (SSSR count). The molecule has 0 saturated heterocycles. The van der Waals surface area contributed by atoms with Gasteiger partial charge in [-0.25, -0.2) is 4.39 Å². The molecule has 2 nitrogen and oxygen atoms in total. The van der Waals surface area contributed by atoms with Gasteiger partial charge >= 0.3 is 0 Å². The van der Waals surface area contributed by atoms with Gasteiger partial charge in [0.05, 0.1) is 5.69 Å². The second-order valence-electron chi connectivity index (χ2n) is 1.77. The van der Waals surface area contributed by atoms with E-state index in [1.54, 1.807) is 12.1 Å². The number of hydrogen-bond acceptors (Lipinski definition) is 2. The number of nitrogen functional groups attached to an aromatic ring is 1. The Hall–Kier alpha value is -0.360. The van der Waals surface area contributed by atoms with Crippen LogP contribution in [0.3, 0.4) is 0 Å². The Morgan fingerprint density at radius 2 is 2.20 bits per heavy atom. The van der Waals surface area contributed by atoms with E-state index in [0.717, 1.165) is 3.57 Å². The lowest BCUT2D eigenvalue weighted by atomic mass is 10.3. The van der Waals surface area contributed by atoms with Gasteiger partial charge in [-0.15, -0.1) is 0 Å². The highest BCUT2D eigenvalue weighted by atomic mass is 127. The van der Waals surface area contributed by atoms with Crippen molar-refractivity contribution in [2.24, 2.45) is 5.84 Å². The number of nitrogens with one attached hydrogen (secondary N) is 1. The van der Waals surface area contributed by atoms with Crippen molar-refractivity contribution in [1.82, 2.24) is 0 Å². The van der Waals surface area contributed by atoms with Crippen molar-refractivity contribution in [2.45, 2.75) is 0 Å². The van der Waals surface area contributed by atoms with Gasteiger partial charge in [0.15, 0.2) is 0 Å². The molecule has 0 aliphatic carbocycles. The number of nitrogens with two attached hydrogens (primary N) is 1. The molecule has 0 bridgehead atoms. The number of halogens is 2. The van der Waals surface area contributed by atoms with Crippen LogP contribution in [0, 0.1) is 9.39 Å². The highest BCUT2D eigenvalue weighted by Crippen LogP contribution is 2.15. The number of rotatable bonds is 1. The number of anilines is 1. The Bertz CT molecular complexity index is 239. The van der Waals surface area contributed by atoms with Gasteiger partial charge < -0.3 is 5.43 Å². The van der Waals surface area contributed by atoms with Crippen molar-refractivity contribution >= 4 is 28.3 Å². The van der Waals surface area contributed by atoms with Crippen LogP contribution in [0.1, 0.15) is 0 Å². The van der Waals surface area contributed by atoms with Gasteiger partial charge in [0, 0.05) is 3.57 Å². The zero-order valence-corrected chi connectivity index (χ0v) is 7.22. The van der Waals surface area contributed by atoms with Crippen LogP contribution >= 0.6 is 22.6 Å². The van der Waals surface area contributed by atoms with Gasteiger partial charge in [-0.2, -0.15) is 0 Å². The van der Waals surface area contributed by atoms with Crippen LogP contribution in [0.15, 0.2) is 18.2 Å². The first-order chi connectivity index (χ1) is 4.74. The van der Waals surface area contributed by atoms with Crippen LogP contribution in [0.25, 0.3) is 0 Å². The van der Waals surface area contributed by atoms with E-state index < -0.39 is 0 Å². The topological polar surface area (TPSA) is 38.0 Å². The summed E-state index contributed by atoms with van der Waals surface area (Å²) < 4.78 is 13.6. The molecule has 1 aromatic carbocycles. The van der Waals surface area contributed by atoms with Crippen LogP contribution in [-0.2, 0) is 0 Å². The summed E-state index contributed by atoms with van der Waals surface area (Å²) in [6.45, 7) is 0. The molecule has 10 heavy (non-hydrogen) atoms. The third-order valence-corrected chi connectivity index (χ3v) is 1.75. The molecule has 54 valence electrons. The molecule has 0 aliphatic heterocycles. The lowest BCUT2D eigenvalue weighted by Crippen LogP contribution is -2.08. The van der Waals surface area contributed by atoms with Gasteiger partial charge in [-0.05, 0) is 40.8 Å². The van der Waals surface area contributed by atoms with Crippen LogP contribution in [0.2, 0.25) is 0 Å². The van der Waals surface area contributed by atoms with Crippen molar-refractivity contribution in [1.29, 1.82) is 0 Å². The normalized spacial score (nSPS) is 9.50. The molecule has 0 radical (unpaired) electrons. The second kappa shape index (κ2) is 3.16. The van der Waals surface area contributed by atoms with Gasteiger partial charge in [0.1, 0.15) is 5.82 Å². The number of hydrogen-bond donors (Lipinski definition) is 2. The molecule has 0 fully saturated rings. The summed E-state index contributed by atoms with van der Waals surface area (Å²) in [4.78, 5) is 0. The summed E-state index contributed by atoms with van der Waals surface area (Å²) in [7, 11) is 0. The Morgan fingerprint density at radius 1 is 1.50 bits per heavy atom. The fourth-order valence-electron chi connectivity index (χ4n) is 0.608. The standard InChI is InChI=1S/C6H6FIN2/c7-5-2-1-4(8)3-6(5)10-9/h1-3,10H,9H2. The van der Waals surface area contributed by atoms with Gasteiger partial charge in [0.25, 0.3) is 0 Å². The third kappa shape index (κ3) is 1.57. The highest BCUT2D eigenvalue weighted by molar-refractivity contribution is 14.1. The van der Waals surface area contributed by atoms with Crippen LogP contribution in [-0.4, -0.2) is 0 Å². The van der Waals surface area contributed by atoms with Crippen molar-refractivity contribution in [3.8, 4) is 0 Å². The first-order valence-electron chi connectivity index (χ1n) is 2.65. The average Bonchev–Trinajstić information content (AvgIpc) is 1.94. The van der Waals surface area contributed by atoms with Crippen LogP contribution in [0.5, 0.6) is 0 Å². The molecule has 0 aliphatic rings. The zero-order valence-electron chi connectivity index (χ0n) is 5.07. The molecule has 0 saturated carbocycles. The van der Waals surface area contributed by atoms with E-state index >= 15 is 0 Å². The minimum Gasteiger partial charge on any atom is -0.321 e. The maximum Gasteiger partial charge on any atom is 0.147 e. The summed E-state index contributed by atoms with van der Waals surface area (Å²) in [5.74, 6) is 4.70. The lowest BCUT2D eigenvalue weighted by molar-refractivity contribution is 0.630. The summed E-state index contributed by atoms with van der Waals surface area (Å²) in [6.07, 6.45) is 0. The van der Waals surface area contributed by atoms with Crippen molar-refractivity contribution in [2.75, 3.05) is 5.43 Å². The fourth-order valence-corrected chi connectivity index (χ4v) is 1.10. The Labute approximate surface area is 71.7 Å². The predicted molar refractivity (Wildman–Crippen MR) is 46.9 cm³/mol. The molecule has 0 spiro atoms. The van der Waals surface area contributed by atoms with E-state index in [0.29, 0.717) is 5.69 Å². The van der Waals surface area contributed by atoms with Crippen molar-refractivity contribution < 1.29 is 4.39 Å². The van der Waals surface area contributed by atoms with E-state index in [1.807, 2.05) is 0 Å². The van der Waals surface area contributed by atoms with E-state index in [9.17, 15) is 4.39 Å². The van der Waals surface area contributed by atoms with Crippen molar-refractivity contribution in [3.05, 3.63) is 27.6 Å². The Kier molecular flexibility index (Phi) is 2.44. The first kappa shape index (κ1) is 7.74. The predicted octanol–water partition coefficient (Wildman–Crippen LogP) is 1.72. The van der Waals surface area contributed by atoms with E-state index in [2.05, 4.69) is 28.0 Å². The summed E-state index contributed by atoms with van der Waals surface area (Å²) >= 11 is 2.08. The third-order valence-electron chi connectivity index (χ3n) is 1.08. The molecule has 0 unspecified atom stereocenters. The number of hydrazine groups is 1. The summed E-state index contributed by atoms with van der Waals surface area (Å²) in [5, 5.41) is 0. The molecule has 1 aromatic rings. The average molecular weight is 252 g/mol. The van der Waals surface area contributed by atoms with Gasteiger partial charge in [-0.3, -0.25) is 5.84 Å².